The molecule has 0 radical (unpaired) electrons. The minimum Gasteiger partial charge on any atom is -0.353 e. The fourth-order valence-electron chi connectivity index (χ4n) is 4.16. The number of pyridine rings is 1. The maximum atomic E-state index is 13.4. The number of halogens is 1. The summed E-state index contributed by atoms with van der Waals surface area (Å²) in [5.74, 6) is 0.956. The molecule has 5 rings (SSSR count). The average molecular weight is 458 g/mol. The summed E-state index contributed by atoms with van der Waals surface area (Å²) >= 11 is 5.95. The van der Waals surface area contributed by atoms with E-state index in [9.17, 15) is 4.79 Å². The van der Waals surface area contributed by atoms with Crippen LogP contribution in [0.3, 0.4) is 0 Å². The monoisotopic (exact) mass is 457 g/mol. The molecule has 1 fully saturated rings. The van der Waals surface area contributed by atoms with E-state index in [-0.39, 0.29) is 5.91 Å². The molecule has 3 heterocycles. The zero-order valence-electron chi connectivity index (χ0n) is 18.1. The minimum atomic E-state index is 0.0648. The highest BCUT2D eigenvalue weighted by Gasteiger charge is 2.24. The first-order chi connectivity index (χ1) is 16.2. The van der Waals surface area contributed by atoms with Crippen molar-refractivity contribution in [3.8, 4) is 11.1 Å². The molecule has 166 valence electrons. The normalized spacial score (nSPS) is 13.8. The predicted molar refractivity (Wildman–Crippen MR) is 131 cm³/mol. The van der Waals surface area contributed by atoms with Gasteiger partial charge >= 0.3 is 0 Å². The maximum absolute atomic E-state index is 13.4. The number of rotatable bonds is 5. The standard InChI is InChI=1S/C26H24ClN5O/c27-22-10-11-25(28-18-22)30-14-16-31(17-15-30)26(33)24-5-2-1-4-23(24)21-8-6-20(7-9-21)19-32-13-3-12-29-32/h1-13,18H,14-17,19H2. The van der Waals surface area contributed by atoms with Gasteiger partial charge in [0.05, 0.1) is 11.6 Å². The van der Waals surface area contributed by atoms with Crippen molar-refractivity contribution in [2.45, 2.75) is 6.54 Å². The molecule has 0 saturated carbocycles. The van der Waals surface area contributed by atoms with Crippen molar-refractivity contribution in [1.82, 2.24) is 19.7 Å². The molecule has 1 saturated heterocycles. The molecular weight excluding hydrogens is 434 g/mol. The summed E-state index contributed by atoms with van der Waals surface area (Å²) < 4.78 is 1.89. The lowest BCUT2D eigenvalue weighted by atomic mass is 9.97. The second-order valence-corrected chi connectivity index (χ2v) is 8.50. The highest BCUT2D eigenvalue weighted by atomic mass is 35.5. The molecular formula is C26H24ClN5O. The van der Waals surface area contributed by atoms with Crippen molar-refractivity contribution in [3.63, 3.8) is 0 Å². The number of amides is 1. The predicted octanol–water partition coefficient (Wildman–Crippen LogP) is 4.61. The Bertz CT molecular complexity index is 1210. The lowest BCUT2D eigenvalue weighted by Crippen LogP contribution is -2.49. The van der Waals surface area contributed by atoms with Crippen molar-refractivity contribution in [2.24, 2.45) is 0 Å². The minimum absolute atomic E-state index is 0.0648. The number of carbonyl (C=O) groups excluding carboxylic acids is 1. The van der Waals surface area contributed by atoms with Crippen LogP contribution in [0.15, 0.2) is 85.3 Å². The van der Waals surface area contributed by atoms with E-state index in [0.29, 0.717) is 18.1 Å². The van der Waals surface area contributed by atoms with Crippen molar-refractivity contribution in [2.75, 3.05) is 31.1 Å². The van der Waals surface area contributed by atoms with E-state index in [1.807, 2.05) is 58.2 Å². The van der Waals surface area contributed by atoms with Crippen LogP contribution in [0, 0.1) is 0 Å². The molecule has 1 aliphatic rings. The van der Waals surface area contributed by atoms with Gasteiger partial charge in [-0.2, -0.15) is 5.10 Å². The Morgan fingerprint density at radius 3 is 2.39 bits per heavy atom. The van der Waals surface area contributed by atoms with Crippen LogP contribution in [0.4, 0.5) is 5.82 Å². The molecule has 1 amide bonds. The second kappa shape index (κ2) is 9.46. The highest BCUT2D eigenvalue weighted by molar-refractivity contribution is 6.30. The van der Waals surface area contributed by atoms with E-state index >= 15 is 0 Å². The Labute approximate surface area is 198 Å². The maximum Gasteiger partial charge on any atom is 0.254 e. The Morgan fingerprint density at radius 2 is 1.70 bits per heavy atom. The van der Waals surface area contributed by atoms with E-state index in [0.717, 1.165) is 47.7 Å². The molecule has 33 heavy (non-hydrogen) atoms. The summed E-state index contributed by atoms with van der Waals surface area (Å²) in [5.41, 5.74) is 3.88. The number of hydrogen-bond acceptors (Lipinski definition) is 4. The number of carbonyl (C=O) groups is 1. The van der Waals surface area contributed by atoms with Gasteiger partial charge in [0.1, 0.15) is 5.82 Å². The summed E-state index contributed by atoms with van der Waals surface area (Å²) in [6, 6.07) is 21.9. The third-order valence-corrected chi connectivity index (χ3v) is 6.15. The van der Waals surface area contributed by atoms with Gasteiger partial charge in [-0.3, -0.25) is 9.48 Å². The summed E-state index contributed by atoms with van der Waals surface area (Å²) in [7, 11) is 0. The Balaban J connectivity index is 1.29. The van der Waals surface area contributed by atoms with Crippen LogP contribution in [0.5, 0.6) is 0 Å². The molecule has 0 bridgehead atoms. The van der Waals surface area contributed by atoms with Gasteiger partial charge in [0.2, 0.25) is 0 Å². The summed E-state index contributed by atoms with van der Waals surface area (Å²) in [6.07, 6.45) is 5.39. The van der Waals surface area contributed by atoms with Crippen LogP contribution in [-0.4, -0.2) is 51.8 Å². The first-order valence-corrected chi connectivity index (χ1v) is 11.4. The number of hydrogen-bond donors (Lipinski definition) is 0. The van der Waals surface area contributed by atoms with Crippen LogP contribution in [0.2, 0.25) is 5.02 Å². The number of anilines is 1. The SMILES string of the molecule is O=C(c1ccccc1-c1ccc(Cn2cccn2)cc1)N1CCN(c2ccc(Cl)cn2)CC1. The number of benzene rings is 2. The highest BCUT2D eigenvalue weighted by Crippen LogP contribution is 2.26. The van der Waals surface area contributed by atoms with Crippen molar-refractivity contribution < 1.29 is 4.79 Å². The van der Waals surface area contributed by atoms with E-state index in [2.05, 4.69) is 39.2 Å². The molecule has 1 aliphatic heterocycles. The van der Waals surface area contributed by atoms with Crippen LogP contribution in [0.1, 0.15) is 15.9 Å². The van der Waals surface area contributed by atoms with Gasteiger partial charge in [0.25, 0.3) is 5.91 Å². The van der Waals surface area contributed by atoms with Gasteiger partial charge in [-0.1, -0.05) is 54.1 Å². The number of aromatic nitrogens is 3. The van der Waals surface area contributed by atoms with Crippen LogP contribution in [-0.2, 0) is 6.54 Å². The third-order valence-electron chi connectivity index (χ3n) is 5.93. The fourth-order valence-corrected chi connectivity index (χ4v) is 4.27. The van der Waals surface area contributed by atoms with Gasteiger partial charge < -0.3 is 9.80 Å². The van der Waals surface area contributed by atoms with E-state index in [4.69, 9.17) is 11.6 Å². The molecule has 0 atom stereocenters. The van der Waals surface area contributed by atoms with Crippen LogP contribution >= 0.6 is 11.6 Å². The zero-order chi connectivity index (χ0) is 22.6. The Morgan fingerprint density at radius 1 is 0.909 bits per heavy atom. The largest absolute Gasteiger partial charge is 0.353 e. The van der Waals surface area contributed by atoms with Crippen molar-refractivity contribution in [1.29, 1.82) is 0 Å². The van der Waals surface area contributed by atoms with E-state index in [1.165, 1.54) is 0 Å². The first kappa shape index (κ1) is 21.2. The van der Waals surface area contributed by atoms with E-state index < -0.39 is 0 Å². The van der Waals surface area contributed by atoms with Gasteiger partial charge in [-0.15, -0.1) is 0 Å². The topological polar surface area (TPSA) is 54.3 Å². The Kier molecular flexibility index (Phi) is 6.09. The van der Waals surface area contributed by atoms with E-state index in [1.54, 1.807) is 12.4 Å². The number of nitrogens with zero attached hydrogens (tertiary/aromatic N) is 5. The van der Waals surface area contributed by atoms with Gasteiger partial charge in [0, 0.05) is 50.3 Å². The van der Waals surface area contributed by atoms with Gasteiger partial charge in [-0.25, -0.2) is 4.98 Å². The molecule has 0 unspecified atom stereocenters. The zero-order valence-corrected chi connectivity index (χ0v) is 18.9. The molecule has 6 nitrogen and oxygen atoms in total. The van der Waals surface area contributed by atoms with Crippen molar-refractivity contribution >= 4 is 23.3 Å². The molecule has 0 N–H and O–H groups in total. The smallest absolute Gasteiger partial charge is 0.254 e. The van der Waals surface area contributed by atoms with Crippen LogP contribution in [0.25, 0.3) is 11.1 Å². The summed E-state index contributed by atoms with van der Waals surface area (Å²) in [5, 5.41) is 4.89. The lowest BCUT2D eigenvalue weighted by molar-refractivity contribution is 0.0747. The average Bonchev–Trinajstić information content (AvgIpc) is 3.38. The third kappa shape index (κ3) is 4.76. The molecule has 2 aromatic heterocycles. The summed E-state index contributed by atoms with van der Waals surface area (Å²) in [6.45, 7) is 3.51. The van der Waals surface area contributed by atoms with Crippen molar-refractivity contribution in [3.05, 3.63) is 101 Å². The van der Waals surface area contributed by atoms with Crippen LogP contribution < -0.4 is 4.90 Å². The molecule has 4 aromatic rings. The molecule has 7 heteroatoms. The molecule has 0 spiro atoms. The Hall–Kier alpha value is -3.64. The number of piperazine rings is 1. The second-order valence-electron chi connectivity index (χ2n) is 8.06. The van der Waals surface area contributed by atoms with Gasteiger partial charge in [-0.05, 0) is 41.0 Å². The molecule has 0 aliphatic carbocycles. The molecule has 2 aromatic carbocycles. The first-order valence-electron chi connectivity index (χ1n) is 11.0. The lowest BCUT2D eigenvalue weighted by Gasteiger charge is -2.35. The quantitative estimate of drug-likeness (QED) is 0.439. The fraction of sp³-hybridized carbons (Fsp3) is 0.192. The van der Waals surface area contributed by atoms with Gasteiger partial charge in [0.15, 0.2) is 0 Å². The summed E-state index contributed by atoms with van der Waals surface area (Å²) in [4.78, 5) is 21.9.